The molecule has 44 N–H and O–H groups in total. The predicted octanol–water partition coefficient (Wildman–Crippen LogP) is -18.9. The number of carboxylic acid groups (broad SMARTS) is 4. The Morgan fingerprint density at radius 2 is 0.664 bits per heavy atom. The Bertz CT molecular complexity index is 4640. The first-order chi connectivity index (χ1) is 68.4. The molecule has 0 bridgehead atoms. The van der Waals surface area contributed by atoms with Gasteiger partial charge in [0.25, 0.3) is 0 Å². The number of nitrogens with one attached hydrogen (secondary N) is 22. The van der Waals surface area contributed by atoms with Gasteiger partial charge in [0, 0.05) is 44.1 Å². The summed E-state index contributed by atoms with van der Waals surface area (Å²) >= 11 is 0. The minimum atomic E-state index is -2.24. The smallest absolute Gasteiger partial charge is 0.328 e. The van der Waals surface area contributed by atoms with E-state index in [4.69, 9.17) is 39.8 Å². The number of aliphatic carboxylic acids is 4. The monoisotopic (exact) mass is 2090 g/mol. The number of guanidine groups is 1. The molecular formula is C82H137N29O35. The highest BCUT2D eigenvalue weighted by atomic mass is 16.4. The number of carbonyl (C=O) groups excluding carboxylic acids is 21. The van der Waals surface area contributed by atoms with Gasteiger partial charge in [-0.3, -0.25) is 120 Å². The van der Waals surface area contributed by atoms with Gasteiger partial charge in [-0.1, -0.05) is 13.8 Å². The molecule has 0 fully saturated rings. The van der Waals surface area contributed by atoms with Gasteiger partial charge in [0.2, 0.25) is 124 Å². The fourth-order valence-corrected chi connectivity index (χ4v) is 12.9. The van der Waals surface area contributed by atoms with Crippen LogP contribution in [0.2, 0.25) is 0 Å². The number of H-pyrrole nitrogens is 1. The molecule has 0 aliphatic rings. The number of carbonyl (C=O) groups is 25. The van der Waals surface area contributed by atoms with E-state index >= 15 is 0 Å². The van der Waals surface area contributed by atoms with Crippen molar-refractivity contribution in [3.63, 3.8) is 0 Å². The predicted molar refractivity (Wildman–Crippen MR) is 498 cm³/mol. The van der Waals surface area contributed by atoms with Crippen molar-refractivity contribution < 1.29 is 171 Å². The number of carboxylic acids is 4. The summed E-state index contributed by atoms with van der Waals surface area (Å²) in [4.78, 5) is 338. The summed E-state index contributed by atoms with van der Waals surface area (Å²) in [7, 11) is 0. The van der Waals surface area contributed by atoms with Gasteiger partial charge in [0.05, 0.1) is 76.9 Å². The quantitative estimate of drug-likeness (QED) is 0.0164. The number of unbranched alkanes of at least 4 members (excludes halogenated alkanes) is 2. The first-order valence-corrected chi connectivity index (χ1v) is 45.6. The minimum Gasteiger partial charge on any atom is -0.481 e. The summed E-state index contributed by atoms with van der Waals surface area (Å²) in [5.41, 5.74) is 33.3. The molecule has 0 aromatic carbocycles. The summed E-state index contributed by atoms with van der Waals surface area (Å²) in [6.07, 6.45) is -10.3. The second kappa shape index (κ2) is 67.4. The summed E-state index contributed by atoms with van der Waals surface area (Å²) in [6, 6.07) is -31.7. The van der Waals surface area contributed by atoms with Gasteiger partial charge in [-0.05, 0) is 117 Å². The molecule has 1 aromatic heterocycles. The Labute approximate surface area is 832 Å². The van der Waals surface area contributed by atoms with E-state index in [0.29, 0.717) is 0 Å². The first-order valence-electron chi connectivity index (χ1n) is 45.6. The molecule has 1 heterocycles. The van der Waals surface area contributed by atoms with E-state index in [9.17, 15) is 171 Å². The van der Waals surface area contributed by atoms with Crippen molar-refractivity contribution in [2.45, 2.75) is 272 Å². The highest BCUT2D eigenvalue weighted by Gasteiger charge is 2.41. The minimum absolute atomic E-state index is 0.00786. The fourth-order valence-electron chi connectivity index (χ4n) is 12.9. The van der Waals surface area contributed by atoms with Gasteiger partial charge in [-0.25, -0.2) is 9.78 Å². The highest BCUT2D eigenvalue weighted by molar-refractivity contribution is 6.03. The van der Waals surface area contributed by atoms with E-state index < -0.39 is 378 Å². The molecule has 1 rings (SSSR count). The number of hydrogen-bond donors (Lipinski definition) is 38. The standard InChI is InChI=1S/C82H137N29O35/c1-35(2)62(109-80(144)63(38(5)116)110-72(136)46(17-20-58(123)124)103-68(132)41(12-7-9-21-83)99-65(129)36(3)96-55(120)28-93-67(131)50(31-112)106-73(137)48(25-59(125)126)98-57(122)30-94-78(142)61(87)37(4)115)79(143)108-52(33-114)77(141)104-45(16-19-54(86)119)71(135)105-49(26-60(127)128)74(138)101-42(13-8-10-22-84)69(133)100-43(14-11-23-91-82(88)89)70(134)107-51(32-113)76(140)102-44(15-18-53(85)118)66(130)92-29-56(121)97-47(24-40-27-90-34-95-40)75(139)111-64(39(6)117)81(145)146/h27,34-39,41-52,61-64,112-117H,7-26,28-33,83-84,87H2,1-6H3,(H2,85,118)(H2,86,119)(H,90,95)(H,92,130)(H,93,131)(H,94,142)(H,96,120)(H,97,121)(H,98,122)(H,99,129)(H,100,133)(H,101,138)(H,102,140)(H,103,132)(H,104,141)(H,105,135)(H,106,137)(H,107,134)(H,108,143)(H,109,144)(H,110,136)(H,111,139)(H,123,124)(H,125,126)(H,127,128)(H,145,146)(H4,88,89,91)/t36-,37+,38+,39+,41-,42-,43-,44-,45-,46-,47-,48-,49-,50-,51-,52-,61-,62-,63-,64-/m0/s1. The van der Waals surface area contributed by atoms with Crippen LogP contribution in [-0.2, 0) is 126 Å². The molecule has 0 aliphatic heterocycles. The number of primary amides is 2. The molecule has 1 aromatic rings. The first kappa shape index (κ1) is 129. The van der Waals surface area contributed by atoms with Gasteiger partial charge in [-0.15, -0.1) is 0 Å². The third-order valence-electron chi connectivity index (χ3n) is 21.0. The lowest BCUT2D eigenvalue weighted by atomic mass is 10.0. The van der Waals surface area contributed by atoms with Gasteiger partial charge in [0.1, 0.15) is 96.7 Å². The summed E-state index contributed by atoms with van der Waals surface area (Å²) in [6.45, 7) is 0.243. The van der Waals surface area contributed by atoms with Crippen LogP contribution in [0.5, 0.6) is 0 Å². The Morgan fingerprint density at radius 1 is 0.342 bits per heavy atom. The number of aliphatic hydroxyl groups is 6. The van der Waals surface area contributed by atoms with E-state index in [1.807, 2.05) is 10.6 Å². The van der Waals surface area contributed by atoms with Crippen molar-refractivity contribution in [2.24, 2.45) is 40.3 Å². The van der Waals surface area contributed by atoms with Crippen molar-refractivity contribution in [3.05, 3.63) is 18.2 Å². The molecule has 21 amide bonds. The summed E-state index contributed by atoms with van der Waals surface area (Å²) < 4.78 is 0. The zero-order valence-electron chi connectivity index (χ0n) is 80.8. The average Bonchev–Trinajstić information content (AvgIpc) is 0.969. The maximum atomic E-state index is 14.5. The topological polar surface area (TPSA) is 1080 Å². The number of hydrogen-bond acceptors (Lipinski definition) is 36. The van der Waals surface area contributed by atoms with Gasteiger partial charge >= 0.3 is 23.9 Å². The summed E-state index contributed by atoms with van der Waals surface area (Å²) in [5.74, 6) is -34.1. The zero-order valence-corrected chi connectivity index (χ0v) is 80.8. The second-order valence-corrected chi connectivity index (χ2v) is 33.6. The molecule has 146 heavy (non-hydrogen) atoms. The highest BCUT2D eigenvalue weighted by Crippen LogP contribution is 2.14. The Kier molecular flexibility index (Phi) is 59.5. The van der Waals surface area contributed by atoms with Crippen molar-refractivity contribution >= 4 is 154 Å². The Morgan fingerprint density at radius 3 is 1.05 bits per heavy atom. The summed E-state index contributed by atoms with van der Waals surface area (Å²) in [5, 5.41) is 152. The molecular weight excluding hydrogens is 1950 g/mol. The maximum Gasteiger partial charge on any atom is 0.328 e. The Hall–Kier alpha value is -15.1. The van der Waals surface area contributed by atoms with Crippen molar-refractivity contribution in [3.8, 4) is 0 Å². The van der Waals surface area contributed by atoms with Crippen LogP contribution in [0.1, 0.15) is 150 Å². The van der Waals surface area contributed by atoms with E-state index in [1.165, 1.54) is 33.3 Å². The number of nitrogens with two attached hydrogens (primary N) is 6. The third kappa shape index (κ3) is 50.2. The average molecular weight is 2090 g/mol. The van der Waals surface area contributed by atoms with Crippen molar-refractivity contribution in [1.29, 1.82) is 5.41 Å². The normalized spacial score (nSPS) is 15.1. The van der Waals surface area contributed by atoms with Crippen molar-refractivity contribution in [1.82, 2.24) is 116 Å². The lowest BCUT2D eigenvalue weighted by molar-refractivity contribution is -0.145. The maximum absolute atomic E-state index is 14.5. The number of aromatic amines is 1. The molecule has 64 nitrogen and oxygen atoms in total. The molecule has 0 aliphatic carbocycles. The lowest BCUT2D eigenvalue weighted by Gasteiger charge is -2.29. The molecule has 0 radical (unpaired) electrons. The SMILES string of the molecule is CC(C)[C@H](NC(=O)[C@@H](NC(=O)[C@H](CCC(=O)O)NC(=O)[C@H](CCCCN)NC(=O)[C@H](C)NC(=O)CNC(=O)[C@H](CO)NC(=O)[C@H](CC(=O)O)NC(=O)CNC(=O)[C@@H](N)[C@@H](C)O)[C@@H](C)O)C(=O)N[C@@H](CO)C(=O)N[C@@H](CCC(N)=O)C(=O)N[C@@H](CC(=O)O)C(=O)N[C@@H](CCCCN)C(=O)N[C@@H](CCCNC(=N)N)C(=O)N[C@@H](CO)C(=O)N[C@@H](CCC(N)=O)C(=O)NCC(=O)N[C@@H](Cc1cnc[nH]1)C(=O)N[C@H](C(=O)O)[C@@H](C)O. The van der Waals surface area contributed by atoms with E-state index in [-0.39, 0.29) is 76.7 Å². The lowest BCUT2D eigenvalue weighted by Crippen LogP contribution is -2.63. The van der Waals surface area contributed by atoms with Crippen molar-refractivity contribution in [2.75, 3.05) is 59.1 Å². The van der Waals surface area contributed by atoms with Crippen LogP contribution in [0.3, 0.4) is 0 Å². The van der Waals surface area contributed by atoms with E-state index in [2.05, 4.69) is 106 Å². The molecule has 0 saturated carbocycles. The van der Waals surface area contributed by atoms with Crippen LogP contribution >= 0.6 is 0 Å². The van der Waals surface area contributed by atoms with Gasteiger partial charge in [0.15, 0.2) is 12.0 Å². The van der Waals surface area contributed by atoms with Crippen LogP contribution in [0.4, 0.5) is 0 Å². The number of imidazole rings is 1. The Balaban J connectivity index is 3.56. The van der Waals surface area contributed by atoms with Crippen LogP contribution in [0.15, 0.2) is 12.5 Å². The number of aromatic nitrogens is 2. The molecule has 0 unspecified atom stereocenters. The molecule has 64 heteroatoms. The molecule has 20 atom stereocenters. The van der Waals surface area contributed by atoms with Crippen LogP contribution in [0, 0.1) is 11.3 Å². The number of rotatable bonds is 73. The van der Waals surface area contributed by atoms with Crippen LogP contribution in [-0.4, -0.2) is 395 Å². The van der Waals surface area contributed by atoms with Crippen LogP contribution < -0.4 is 141 Å². The third-order valence-corrected chi connectivity index (χ3v) is 21.0. The van der Waals surface area contributed by atoms with Crippen LogP contribution in [0.25, 0.3) is 0 Å². The van der Waals surface area contributed by atoms with Gasteiger partial charge in [-0.2, -0.15) is 0 Å². The largest absolute Gasteiger partial charge is 0.481 e. The number of aliphatic hydroxyl groups excluding tert-OH is 6. The fraction of sp³-hybridized carbons (Fsp3) is 0.646. The van der Waals surface area contributed by atoms with Gasteiger partial charge < -0.3 is 197 Å². The molecule has 0 saturated heterocycles. The van der Waals surface area contributed by atoms with E-state index in [0.717, 1.165) is 20.8 Å². The number of nitrogens with zero attached hydrogens (tertiary/aromatic N) is 1. The second-order valence-electron chi connectivity index (χ2n) is 33.6. The number of amides is 21. The zero-order chi connectivity index (χ0) is 111. The van der Waals surface area contributed by atoms with E-state index in [1.54, 1.807) is 0 Å². The molecule has 0 spiro atoms. The molecule has 820 valence electrons.